The summed E-state index contributed by atoms with van der Waals surface area (Å²) in [7, 11) is 0. The SMILES string of the molecule is C.C.C.C.C=CC(=O)OCCOC(=O)COC(=O)CO. The van der Waals surface area contributed by atoms with Crippen molar-refractivity contribution in [1.29, 1.82) is 0 Å². The van der Waals surface area contributed by atoms with Crippen LogP contribution in [0.25, 0.3) is 0 Å². The predicted octanol–water partition coefficient (Wildman–Crippen LogP) is 1.34. The highest BCUT2D eigenvalue weighted by Crippen LogP contribution is 1.85. The Labute approximate surface area is 121 Å². The molecule has 20 heavy (non-hydrogen) atoms. The number of hydrogen-bond donors (Lipinski definition) is 1. The van der Waals surface area contributed by atoms with Gasteiger partial charge in [-0.1, -0.05) is 36.3 Å². The van der Waals surface area contributed by atoms with Gasteiger partial charge >= 0.3 is 17.9 Å². The fourth-order valence-corrected chi connectivity index (χ4v) is 0.583. The minimum absolute atomic E-state index is 0. The number of hydrogen-bond acceptors (Lipinski definition) is 7. The van der Waals surface area contributed by atoms with Crippen LogP contribution in [-0.2, 0) is 28.6 Å². The number of aliphatic hydroxyl groups excluding tert-OH is 1. The van der Waals surface area contributed by atoms with Crippen molar-refractivity contribution in [3.63, 3.8) is 0 Å². The third-order valence-electron chi connectivity index (χ3n) is 1.24. The van der Waals surface area contributed by atoms with Crippen LogP contribution < -0.4 is 0 Å². The Morgan fingerprint density at radius 2 is 1.40 bits per heavy atom. The first-order chi connectivity index (χ1) is 7.60. The standard InChI is InChI=1S/C9H12O7.4CH4/c1-2-7(11)14-3-4-15-9(13)6-16-8(12)5-10;;;;/h2,10H,1,3-6H2;4*1H4. The maximum Gasteiger partial charge on any atom is 0.344 e. The van der Waals surface area contributed by atoms with E-state index in [1.807, 2.05) is 0 Å². The van der Waals surface area contributed by atoms with Gasteiger partial charge in [0, 0.05) is 6.08 Å². The lowest BCUT2D eigenvalue weighted by Gasteiger charge is -2.05. The van der Waals surface area contributed by atoms with Crippen LogP contribution in [-0.4, -0.2) is 49.4 Å². The average Bonchev–Trinajstić information content (AvgIpc) is 2.31. The van der Waals surface area contributed by atoms with Crippen molar-refractivity contribution in [3.05, 3.63) is 12.7 Å². The van der Waals surface area contributed by atoms with Crippen LogP contribution in [0.5, 0.6) is 0 Å². The van der Waals surface area contributed by atoms with Crippen LogP contribution in [0.4, 0.5) is 0 Å². The molecule has 7 heteroatoms. The van der Waals surface area contributed by atoms with Gasteiger partial charge in [0.15, 0.2) is 6.61 Å². The topological polar surface area (TPSA) is 99.1 Å². The van der Waals surface area contributed by atoms with Gasteiger partial charge in [-0.3, -0.25) is 0 Å². The third-order valence-corrected chi connectivity index (χ3v) is 1.24. The Morgan fingerprint density at radius 3 is 1.85 bits per heavy atom. The summed E-state index contributed by atoms with van der Waals surface area (Å²) in [5.41, 5.74) is 0. The molecule has 0 rings (SSSR count). The Balaban J connectivity index is -0.000000187. The molecule has 122 valence electrons. The van der Waals surface area contributed by atoms with Gasteiger partial charge in [-0.05, 0) is 0 Å². The van der Waals surface area contributed by atoms with E-state index < -0.39 is 31.1 Å². The summed E-state index contributed by atoms with van der Waals surface area (Å²) in [6.07, 6.45) is 0.977. The average molecular weight is 296 g/mol. The van der Waals surface area contributed by atoms with Crippen molar-refractivity contribution < 1.29 is 33.7 Å². The summed E-state index contributed by atoms with van der Waals surface area (Å²) in [5, 5.41) is 8.26. The van der Waals surface area contributed by atoms with Gasteiger partial charge in [0.1, 0.15) is 19.8 Å². The first kappa shape index (κ1) is 30.8. The largest absolute Gasteiger partial charge is 0.460 e. The Kier molecular flexibility index (Phi) is 30.0. The summed E-state index contributed by atoms with van der Waals surface area (Å²) >= 11 is 0. The van der Waals surface area contributed by atoms with Gasteiger partial charge in [0.25, 0.3) is 0 Å². The second-order valence-corrected chi connectivity index (χ2v) is 2.41. The zero-order chi connectivity index (χ0) is 12.4. The molecule has 0 bridgehead atoms. The lowest BCUT2D eigenvalue weighted by Crippen LogP contribution is -2.20. The molecule has 0 aliphatic rings. The number of ether oxygens (including phenoxy) is 3. The van der Waals surface area contributed by atoms with Gasteiger partial charge in [-0.2, -0.15) is 0 Å². The minimum atomic E-state index is -0.921. The second kappa shape index (κ2) is 19.4. The zero-order valence-corrected chi connectivity index (χ0v) is 8.51. The first-order valence-electron chi connectivity index (χ1n) is 4.31. The number of aliphatic hydroxyl groups is 1. The summed E-state index contributed by atoms with van der Waals surface area (Å²) in [4.78, 5) is 31.8. The molecule has 0 aliphatic carbocycles. The molecule has 0 fully saturated rings. The third kappa shape index (κ3) is 18.5. The van der Waals surface area contributed by atoms with E-state index in [9.17, 15) is 14.4 Å². The van der Waals surface area contributed by atoms with E-state index in [-0.39, 0.29) is 42.9 Å². The van der Waals surface area contributed by atoms with Crippen molar-refractivity contribution in [2.75, 3.05) is 26.4 Å². The van der Waals surface area contributed by atoms with E-state index in [0.29, 0.717) is 0 Å². The van der Waals surface area contributed by atoms with E-state index in [1.165, 1.54) is 0 Å². The van der Waals surface area contributed by atoms with Gasteiger partial charge in [-0.15, -0.1) is 0 Å². The second-order valence-electron chi connectivity index (χ2n) is 2.41. The van der Waals surface area contributed by atoms with Crippen LogP contribution in [0, 0.1) is 0 Å². The van der Waals surface area contributed by atoms with Gasteiger partial charge in [-0.25, -0.2) is 14.4 Å². The Bertz CT molecular complexity index is 274. The zero-order valence-electron chi connectivity index (χ0n) is 8.51. The van der Waals surface area contributed by atoms with Gasteiger partial charge in [0.05, 0.1) is 0 Å². The molecule has 0 radical (unpaired) electrons. The molecule has 1 N–H and O–H groups in total. The Morgan fingerprint density at radius 1 is 0.900 bits per heavy atom. The predicted molar refractivity (Wildman–Crippen MR) is 77.1 cm³/mol. The lowest BCUT2D eigenvalue weighted by atomic mass is 10.6. The highest BCUT2D eigenvalue weighted by Gasteiger charge is 2.07. The van der Waals surface area contributed by atoms with Crippen molar-refractivity contribution in [1.82, 2.24) is 0 Å². The highest BCUT2D eigenvalue weighted by atomic mass is 16.6. The summed E-state index contributed by atoms with van der Waals surface area (Å²) < 4.78 is 13.3. The molecule has 7 nitrogen and oxygen atoms in total. The fourth-order valence-electron chi connectivity index (χ4n) is 0.583. The van der Waals surface area contributed by atoms with Crippen LogP contribution in [0.3, 0.4) is 0 Å². The van der Waals surface area contributed by atoms with Gasteiger partial charge in [0.2, 0.25) is 0 Å². The van der Waals surface area contributed by atoms with Crippen LogP contribution >= 0.6 is 0 Å². The summed E-state index contributed by atoms with van der Waals surface area (Å²) in [6.45, 7) is 1.53. The molecule has 0 spiro atoms. The fraction of sp³-hybridized carbons (Fsp3) is 0.615. The monoisotopic (exact) mass is 296 g/mol. The quantitative estimate of drug-likeness (QED) is 0.327. The molecule has 0 aromatic heterocycles. The molecule has 0 atom stereocenters. The molecule has 0 aliphatic heterocycles. The first-order valence-corrected chi connectivity index (χ1v) is 4.31. The molecule has 0 aromatic rings. The molecule has 0 amide bonds. The van der Waals surface area contributed by atoms with E-state index in [4.69, 9.17) is 5.11 Å². The summed E-state index contributed by atoms with van der Waals surface area (Å²) in [6, 6.07) is 0. The van der Waals surface area contributed by atoms with Gasteiger partial charge < -0.3 is 19.3 Å². The van der Waals surface area contributed by atoms with Crippen LogP contribution in [0.15, 0.2) is 12.7 Å². The van der Waals surface area contributed by atoms with Crippen LogP contribution in [0.1, 0.15) is 29.7 Å². The molecule has 0 heterocycles. The van der Waals surface area contributed by atoms with Crippen LogP contribution in [0.2, 0.25) is 0 Å². The normalized spacial score (nSPS) is 7.25. The Hall–Kier alpha value is -1.89. The van der Waals surface area contributed by atoms with Crippen molar-refractivity contribution >= 4 is 17.9 Å². The van der Waals surface area contributed by atoms with E-state index >= 15 is 0 Å². The minimum Gasteiger partial charge on any atom is -0.460 e. The highest BCUT2D eigenvalue weighted by molar-refractivity contribution is 5.81. The molecule has 0 aromatic carbocycles. The van der Waals surface area contributed by atoms with Crippen molar-refractivity contribution in [3.8, 4) is 0 Å². The molecular weight excluding hydrogens is 268 g/mol. The van der Waals surface area contributed by atoms with Crippen molar-refractivity contribution in [2.24, 2.45) is 0 Å². The molecule has 0 unspecified atom stereocenters. The molecule has 0 saturated carbocycles. The number of esters is 3. The number of rotatable bonds is 7. The van der Waals surface area contributed by atoms with Crippen molar-refractivity contribution in [2.45, 2.75) is 29.7 Å². The smallest absolute Gasteiger partial charge is 0.344 e. The summed E-state index contributed by atoms with van der Waals surface area (Å²) in [5.74, 6) is -2.34. The van der Waals surface area contributed by atoms with E-state index in [1.54, 1.807) is 0 Å². The maximum absolute atomic E-state index is 10.8. The van der Waals surface area contributed by atoms with E-state index in [2.05, 4.69) is 20.8 Å². The number of carbonyl (C=O) groups is 3. The molecular formula is C13H28O7. The number of carbonyl (C=O) groups excluding carboxylic acids is 3. The molecule has 0 saturated heterocycles. The lowest BCUT2D eigenvalue weighted by molar-refractivity contribution is -0.161. The maximum atomic E-state index is 10.8. The van der Waals surface area contributed by atoms with E-state index in [0.717, 1.165) is 6.08 Å².